The predicted molar refractivity (Wildman–Crippen MR) is 579 cm³/mol. The first-order chi connectivity index (χ1) is 65.1. The lowest BCUT2D eigenvalue weighted by Crippen LogP contribution is -2.36. The quantitative estimate of drug-likeness (QED) is 0.0294. The molecule has 740 valence electrons. The van der Waals surface area contributed by atoms with E-state index in [4.69, 9.17) is 18.9 Å². The number of hydrogen-bond acceptors (Lipinski definition) is 18. The number of hydrogen-bond donors (Lipinski definition) is 2. The van der Waals surface area contributed by atoms with Crippen LogP contribution in [0.15, 0.2) is 200 Å². The highest BCUT2D eigenvalue weighted by Gasteiger charge is 2.20. The summed E-state index contributed by atoms with van der Waals surface area (Å²) in [7, 11) is 3.45. The van der Waals surface area contributed by atoms with Crippen molar-refractivity contribution in [3.05, 3.63) is 256 Å². The van der Waals surface area contributed by atoms with Crippen molar-refractivity contribution < 1.29 is 33.3 Å². The average Bonchev–Trinajstić information content (AvgIpc) is 0.904. The Morgan fingerprint density at radius 1 is 0.393 bits per heavy atom. The van der Waals surface area contributed by atoms with E-state index in [-0.39, 0.29) is 23.7 Å². The lowest BCUT2D eigenvalue weighted by molar-refractivity contribution is -0.138. The van der Waals surface area contributed by atoms with Crippen molar-refractivity contribution in [2.24, 2.45) is 5.92 Å². The smallest absolute Gasteiger partial charge is 0.333 e. The second-order valence-corrected chi connectivity index (χ2v) is 35.4. The van der Waals surface area contributed by atoms with E-state index >= 15 is 0 Å². The van der Waals surface area contributed by atoms with E-state index in [2.05, 4.69) is 353 Å². The first kappa shape index (κ1) is 115. The van der Waals surface area contributed by atoms with Crippen LogP contribution in [0.2, 0.25) is 0 Å². The van der Waals surface area contributed by atoms with Gasteiger partial charge in [-0.2, -0.15) is 0 Å². The molecule has 0 aliphatic carbocycles. The summed E-state index contributed by atoms with van der Waals surface area (Å²) < 4.78 is 20.6. The van der Waals surface area contributed by atoms with Crippen molar-refractivity contribution in [2.75, 3.05) is 220 Å². The highest BCUT2D eigenvalue weighted by atomic mass is 16.5. The minimum Gasteiger partial charge on any atom is -0.460 e. The number of morpholine rings is 1. The number of methoxy groups -OCH3 is 2. The number of anilines is 11. The van der Waals surface area contributed by atoms with Crippen molar-refractivity contribution in [3.63, 3.8) is 0 Å². The third kappa shape index (κ3) is 43.3. The van der Waals surface area contributed by atoms with Crippen molar-refractivity contribution in [1.29, 1.82) is 0 Å². The van der Waals surface area contributed by atoms with Crippen LogP contribution in [0.5, 0.6) is 0 Å². The van der Waals surface area contributed by atoms with Crippen LogP contribution in [0.4, 0.5) is 62.7 Å². The summed E-state index contributed by atoms with van der Waals surface area (Å²) in [5.74, 6) is 0.958. The molecule has 2 N–H and O–H groups in total. The highest BCUT2D eigenvalue weighted by Crippen LogP contribution is 2.29. The zero-order chi connectivity index (χ0) is 98.8. The Balaban J connectivity index is 0.000000270. The molecule has 4 aliphatic rings. The minimum atomic E-state index is -0.324. The van der Waals surface area contributed by atoms with Gasteiger partial charge in [0.1, 0.15) is 12.4 Å². The van der Waals surface area contributed by atoms with Gasteiger partial charge in [0.15, 0.2) is 0 Å². The molecule has 8 aromatic carbocycles. The molecule has 13 rings (SSSR count). The van der Waals surface area contributed by atoms with Crippen molar-refractivity contribution in [3.8, 4) is 0 Å². The van der Waals surface area contributed by atoms with Crippen LogP contribution in [0.25, 0.3) is 0 Å². The Labute approximate surface area is 817 Å². The van der Waals surface area contributed by atoms with Crippen LogP contribution >= 0.6 is 0 Å². The molecule has 4 saturated heterocycles. The van der Waals surface area contributed by atoms with Gasteiger partial charge in [0, 0.05) is 201 Å². The van der Waals surface area contributed by atoms with Gasteiger partial charge >= 0.3 is 5.97 Å². The Bertz CT molecular complexity index is 4580. The maximum atomic E-state index is 12.5. The van der Waals surface area contributed by atoms with E-state index in [1.54, 1.807) is 21.1 Å². The Morgan fingerprint density at radius 3 is 1.11 bits per heavy atom. The van der Waals surface area contributed by atoms with Crippen LogP contribution in [0.1, 0.15) is 203 Å². The van der Waals surface area contributed by atoms with Gasteiger partial charge in [-0.05, 0) is 302 Å². The molecule has 1 unspecified atom stereocenters. The van der Waals surface area contributed by atoms with E-state index in [0.29, 0.717) is 18.7 Å². The number of ether oxygens (including phenoxy) is 4. The van der Waals surface area contributed by atoms with Gasteiger partial charge in [0.2, 0.25) is 11.8 Å². The molecule has 4 fully saturated rings. The van der Waals surface area contributed by atoms with Gasteiger partial charge < -0.3 is 73.7 Å². The second kappa shape index (κ2) is 65.7. The van der Waals surface area contributed by atoms with Crippen LogP contribution in [0.3, 0.4) is 0 Å². The molecule has 5 heterocycles. The Kier molecular flexibility index (Phi) is 55.8. The van der Waals surface area contributed by atoms with Crippen LogP contribution in [0, 0.1) is 75.2 Å². The van der Waals surface area contributed by atoms with Gasteiger partial charge in [0.25, 0.3) is 0 Å². The third-order valence-corrected chi connectivity index (χ3v) is 24.8. The van der Waals surface area contributed by atoms with Gasteiger partial charge in [-0.3, -0.25) is 14.6 Å². The molecule has 0 saturated carbocycles. The average molecular weight is 1850 g/mol. The summed E-state index contributed by atoms with van der Waals surface area (Å²) in [6.07, 6.45) is 17.2. The standard InChI is InChI=1S/C19H32N2O.C15H21NO2.C13H20N2O.C13H21NO2.C12H17N.C12H19N.C11H15NO.C11H15N.C9H13N3/c1-6-10-11-16(7-2)19(22)20-18-14-17(13-12-15(18)5)21(8-3)9-4;1-5-16(10-11-18-15(17)12(2)3)14-8-6-13(4)7-9-14;1-5-15(6-2)12-8-7-10(3)13(9-12)14-11(4)16;1-12-4-6-13(7-5-12)14(8-10-15-2)9-11-16-3;1-11-5-7-12(8-6-11)13-9-3-2-4-10-13;1-5-13(6-2)12-8-7-10(3)11(4)9-12;1-10-2-4-11(5-3-10)12-6-8-13-9-7-12;1-10-4-6-11(7-5-10)12-8-2-3-9-12;1-8-6-11-9(7-10-8)12-4-2-3-5-12/h12-14,16H,6-11H2,1-5H3,(H,20,22);6-9H,2,5,10-11H2,1,3-4H3;7-9H,5-6H2,1-4H3,(H,14,16);4-7H,8-11H2,1-3H3;5-8H,2-4,9-10H2,1H3;7-9H,5-6H2,1-4H3;2-5H,6-9H2,1H3;4-7H,2-3,8-9H2,1H3;6-7H,2-5H2,1H3. The maximum absolute atomic E-state index is 12.5. The first-order valence-electron chi connectivity index (χ1n) is 50.2. The fraction of sp³-hybridized carbons (Fsp3) is 0.504. The largest absolute Gasteiger partial charge is 0.460 e. The monoisotopic (exact) mass is 1850 g/mol. The lowest BCUT2D eigenvalue weighted by atomic mass is 9.98. The molecule has 135 heavy (non-hydrogen) atoms. The van der Waals surface area contributed by atoms with E-state index in [0.717, 1.165) is 183 Å². The van der Waals surface area contributed by atoms with Crippen molar-refractivity contribution >= 4 is 80.5 Å². The van der Waals surface area contributed by atoms with Gasteiger partial charge in [0.05, 0.1) is 51.1 Å². The number of likely N-dealkylation sites (N-methyl/N-ethyl adjacent to an activating group) is 1. The fourth-order valence-electron chi connectivity index (χ4n) is 15.8. The number of nitrogens with one attached hydrogen (secondary N) is 2. The minimum absolute atomic E-state index is 0.0280. The normalized spacial score (nSPS) is 13.1. The van der Waals surface area contributed by atoms with Crippen molar-refractivity contribution in [2.45, 2.75) is 216 Å². The van der Waals surface area contributed by atoms with E-state index in [9.17, 15) is 14.4 Å². The fourth-order valence-corrected chi connectivity index (χ4v) is 15.8. The molecule has 20 nitrogen and oxygen atoms in total. The molecule has 0 bridgehead atoms. The molecule has 0 radical (unpaired) electrons. The number of esters is 1. The number of carbonyl (C=O) groups excluding carboxylic acids is 3. The van der Waals surface area contributed by atoms with E-state index in [1.807, 2.05) is 38.4 Å². The van der Waals surface area contributed by atoms with E-state index < -0.39 is 0 Å². The number of aryl methyl sites for hydroxylation is 10. The molecule has 2 amide bonds. The zero-order valence-electron chi connectivity index (χ0n) is 87.5. The molecular formula is C115H173N13O7. The van der Waals surface area contributed by atoms with Crippen molar-refractivity contribution in [1.82, 2.24) is 9.97 Å². The number of aromatic nitrogens is 2. The molecule has 1 atom stereocenters. The van der Waals surface area contributed by atoms with Gasteiger partial charge in [-0.1, -0.05) is 140 Å². The summed E-state index contributed by atoms with van der Waals surface area (Å²) in [6, 6.07) is 62.4. The van der Waals surface area contributed by atoms with Crippen LogP contribution in [-0.4, -0.2) is 193 Å². The molecule has 0 spiro atoms. The number of carbonyl (C=O) groups is 3. The summed E-state index contributed by atoms with van der Waals surface area (Å²) in [4.78, 5) is 64.3. The third-order valence-electron chi connectivity index (χ3n) is 24.8. The van der Waals surface area contributed by atoms with Crippen LogP contribution < -0.4 is 54.7 Å². The number of nitrogens with zero attached hydrogens (tertiary/aromatic N) is 11. The van der Waals surface area contributed by atoms with Crippen LogP contribution in [-0.2, 0) is 33.3 Å². The van der Waals surface area contributed by atoms with E-state index in [1.165, 1.54) is 151 Å². The van der Waals surface area contributed by atoms with Gasteiger partial charge in [-0.15, -0.1) is 0 Å². The molecule has 1 aromatic heterocycles. The second-order valence-electron chi connectivity index (χ2n) is 35.4. The Hall–Kier alpha value is -10.9. The molecular weight excluding hydrogens is 1680 g/mol. The summed E-state index contributed by atoms with van der Waals surface area (Å²) >= 11 is 0. The Morgan fingerprint density at radius 2 is 0.748 bits per heavy atom. The molecule has 20 heteroatoms. The summed E-state index contributed by atoms with van der Waals surface area (Å²) in [6.45, 7) is 69.1. The summed E-state index contributed by atoms with van der Waals surface area (Å²) in [5.41, 5.74) is 24.9. The number of rotatable bonds is 33. The maximum Gasteiger partial charge on any atom is 0.333 e. The number of unbranched alkanes of at least 4 members (excludes halogenated alkanes) is 1. The predicted octanol–water partition coefficient (Wildman–Crippen LogP) is 24.8. The number of benzene rings is 8. The highest BCUT2D eigenvalue weighted by molar-refractivity contribution is 5.94. The zero-order valence-corrected chi connectivity index (χ0v) is 87.5. The molecule has 4 aliphatic heterocycles. The lowest BCUT2D eigenvalue weighted by Gasteiger charge is -2.28. The van der Waals surface area contributed by atoms with Gasteiger partial charge in [-0.25, -0.2) is 9.78 Å². The summed E-state index contributed by atoms with van der Waals surface area (Å²) in [5, 5.41) is 6.00. The SMILES string of the molecule is C=C(C)C(=O)OCCN(CC)c1ccc(C)cc1.CCCCC(CC)C(=O)Nc1cc(N(CC)CC)ccc1C.CCN(CC)c1ccc(C)c(C)c1.CCN(CC)c1ccc(C)c(NC(C)=O)c1.COCCN(CCOC)c1ccc(C)cc1.Cc1ccc(N2CCCC2)cc1.Cc1ccc(N2CCCCC2)cc1.Cc1ccc(N2CCOCC2)cc1.Cc1cnc(N2CCCC2)cn1. The first-order valence-corrected chi connectivity index (χ1v) is 50.2. The molecule has 9 aromatic rings. The topological polar surface area (TPSA) is 167 Å². The number of piperidine rings is 1. The number of amides is 2.